The fourth-order valence-electron chi connectivity index (χ4n) is 2.78. The van der Waals surface area contributed by atoms with E-state index in [-0.39, 0.29) is 11.9 Å². The van der Waals surface area contributed by atoms with E-state index in [4.69, 9.17) is 0 Å². The quantitative estimate of drug-likeness (QED) is 0.560. The highest BCUT2D eigenvalue weighted by Crippen LogP contribution is 2.28. The molecule has 7 nitrogen and oxygen atoms in total. The van der Waals surface area contributed by atoms with Crippen LogP contribution in [-0.4, -0.2) is 24.7 Å². The average Bonchev–Trinajstić information content (AvgIpc) is 3.23. The van der Waals surface area contributed by atoms with E-state index in [1.54, 1.807) is 24.0 Å². The standard InChI is InChI=1S/C12H14FN7.C6H12/c1-7(2)20-6-8(5-15-20)16-12-17-10-9(3-4-14-10)11(18-12)19-13;1-2-6-4-3-5-6/h3-7H,1-2H3,(H3,14,16,17,18,19);6H,2-5H2,1H3. The van der Waals surface area contributed by atoms with Crippen LogP contribution in [0.4, 0.5) is 21.9 Å². The lowest BCUT2D eigenvalue weighted by Gasteiger charge is -2.22. The Morgan fingerprint density at radius 3 is 2.69 bits per heavy atom. The van der Waals surface area contributed by atoms with E-state index in [2.05, 4.69) is 32.3 Å². The molecule has 0 spiro atoms. The molecule has 3 N–H and O–H groups in total. The Morgan fingerprint density at radius 2 is 2.15 bits per heavy atom. The van der Waals surface area contributed by atoms with E-state index >= 15 is 0 Å². The van der Waals surface area contributed by atoms with E-state index in [9.17, 15) is 4.48 Å². The summed E-state index contributed by atoms with van der Waals surface area (Å²) in [5.41, 5.74) is 2.87. The lowest BCUT2D eigenvalue weighted by Crippen LogP contribution is -2.08. The molecule has 0 aliphatic heterocycles. The Labute approximate surface area is 152 Å². The fraction of sp³-hybridized carbons (Fsp3) is 0.500. The lowest BCUT2D eigenvalue weighted by atomic mass is 9.84. The molecule has 3 aromatic rings. The van der Waals surface area contributed by atoms with Crippen molar-refractivity contribution in [2.45, 2.75) is 52.5 Å². The normalized spacial score (nSPS) is 14.0. The Hall–Kier alpha value is -2.64. The monoisotopic (exact) mass is 359 g/mol. The molecule has 3 aromatic heterocycles. The smallest absolute Gasteiger partial charge is 0.231 e. The van der Waals surface area contributed by atoms with Crippen molar-refractivity contribution in [3.63, 3.8) is 0 Å². The summed E-state index contributed by atoms with van der Waals surface area (Å²) in [6.45, 7) is 6.34. The second kappa shape index (κ2) is 8.16. The topological polar surface area (TPSA) is 83.5 Å². The van der Waals surface area contributed by atoms with Gasteiger partial charge in [-0.25, -0.2) is 5.54 Å². The van der Waals surface area contributed by atoms with Crippen LogP contribution in [0.25, 0.3) is 11.0 Å². The van der Waals surface area contributed by atoms with Crippen molar-refractivity contribution in [2.75, 3.05) is 10.9 Å². The van der Waals surface area contributed by atoms with Crippen molar-refractivity contribution in [3.05, 3.63) is 24.7 Å². The van der Waals surface area contributed by atoms with Gasteiger partial charge in [0.25, 0.3) is 0 Å². The molecular weight excluding hydrogens is 333 g/mol. The highest BCUT2D eigenvalue weighted by molar-refractivity contribution is 5.87. The average molecular weight is 359 g/mol. The Kier molecular flexibility index (Phi) is 5.70. The molecule has 140 valence electrons. The second-order valence-corrected chi connectivity index (χ2v) is 6.86. The summed E-state index contributed by atoms with van der Waals surface area (Å²) < 4.78 is 14.6. The van der Waals surface area contributed by atoms with Gasteiger partial charge < -0.3 is 10.3 Å². The molecule has 0 unspecified atom stereocenters. The van der Waals surface area contributed by atoms with Crippen molar-refractivity contribution in [2.24, 2.45) is 5.92 Å². The van der Waals surface area contributed by atoms with Crippen LogP contribution < -0.4 is 10.9 Å². The van der Waals surface area contributed by atoms with E-state index in [0.29, 0.717) is 17.0 Å². The van der Waals surface area contributed by atoms with Crippen LogP contribution in [-0.2, 0) is 0 Å². The lowest BCUT2D eigenvalue weighted by molar-refractivity contribution is 0.307. The maximum Gasteiger partial charge on any atom is 0.231 e. The molecule has 8 heteroatoms. The minimum atomic E-state index is 0.120. The Bertz CT molecular complexity index is 832. The summed E-state index contributed by atoms with van der Waals surface area (Å²) in [4.78, 5) is 11.3. The summed E-state index contributed by atoms with van der Waals surface area (Å²) in [5.74, 6) is 1.53. The summed E-state index contributed by atoms with van der Waals surface area (Å²) >= 11 is 0. The minimum Gasteiger partial charge on any atom is -0.346 e. The van der Waals surface area contributed by atoms with Crippen LogP contribution in [0.2, 0.25) is 0 Å². The van der Waals surface area contributed by atoms with Crippen molar-refractivity contribution in [1.82, 2.24) is 24.7 Å². The number of hydrogen-bond acceptors (Lipinski definition) is 5. The molecule has 1 saturated carbocycles. The van der Waals surface area contributed by atoms with Crippen LogP contribution in [0.15, 0.2) is 24.7 Å². The maximum atomic E-state index is 12.8. The first-order valence-corrected chi connectivity index (χ1v) is 9.13. The summed E-state index contributed by atoms with van der Waals surface area (Å²) in [7, 11) is 0. The van der Waals surface area contributed by atoms with Crippen molar-refractivity contribution >= 4 is 28.5 Å². The van der Waals surface area contributed by atoms with Crippen LogP contribution in [0.1, 0.15) is 52.5 Å². The van der Waals surface area contributed by atoms with Crippen LogP contribution in [0.3, 0.4) is 0 Å². The van der Waals surface area contributed by atoms with E-state index < -0.39 is 0 Å². The second-order valence-electron chi connectivity index (χ2n) is 6.86. The minimum absolute atomic E-state index is 0.120. The van der Waals surface area contributed by atoms with Gasteiger partial charge in [-0.1, -0.05) is 32.6 Å². The highest BCUT2D eigenvalue weighted by Gasteiger charge is 2.13. The molecule has 0 atom stereocenters. The molecular formula is C18H26FN7. The third kappa shape index (κ3) is 4.12. The molecule has 1 fully saturated rings. The van der Waals surface area contributed by atoms with Crippen molar-refractivity contribution in [1.29, 1.82) is 0 Å². The molecule has 26 heavy (non-hydrogen) atoms. The predicted octanol–water partition coefficient (Wildman–Crippen LogP) is 4.97. The number of anilines is 3. The van der Waals surface area contributed by atoms with Gasteiger partial charge in [0.1, 0.15) is 5.65 Å². The van der Waals surface area contributed by atoms with Crippen molar-refractivity contribution in [3.8, 4) is 0 Å². The van der Waals surface area contributed by atoms with Gasteiger partial charge in [-0.2, -0.15) is 15.1 Å². The number of aromatic amines is 1. The molecule has 0 amide bonds. The third-order valence-electron chi connectivity index (χ3n) is 4.69. The molecule has 0 radical (unpaired) electrons. The number of aromatic nitrogens is 5. The largest absolute Gasteiger partial charge is 0.346 e. The fourth-order valence-corrected chi connectivity index (χ4v) is 2.78. The summed E-state index contributed by atoms with van der Waals surface area (Å²) in [6, 6.07) is 1.97. The zero-order valence-corrected chi connectivity index (χ0v) is 15.5. The van der Waals surface area contributed by atoms with Crippen LogP contribution >= 0.6 is 0 Å². The first kappa shape index (κ1) is 18.2. The zero-order valence-electron chi connectivity index (χ0n) is 15.5. The molecule has 4 rings (SSSR count). The van der Waals surface area contributed by atoms with Gasteiger partial charge in [-0.15, -0.1) is 4.48 Å². The summed E-state index contributed by atoms with van der Waals surface area (Å²) in [6.07, 6.45) is 11.1. The molecule has 1 aliphatic carbocycles. The van der Waals surface area contributed by atoms with Crippen molar-refractivity contribution < 1.29 is 4.48 Å². The number of halogens is 1. The maximum absolute atomic E-state index is 12.8. The molecule has 0 bridgehead atoms. The first-order chi connectivity index (χ1) is 12.6. The third-order valence-corrected chi connectivity index (χ3v) is 4.69. The predicted molar refractivity (Wildman–Crippen MR) is 102 cm³/mol. The number of nitrogens with zero attached hydrogens (tertiary/aromatic N) is 4. The van der Waals surface area contributed by atoms with Gasteiger partial charge in [0.15, 0.2) is 5.82 Å². The molecule has 0 aromatic carbocycles. The number of rotatable bonds is 5. The van der Waals surface area contributed by atoms with Gasteiger partial charge in [0.2, 0.25) is 5.95 Å². The number of H-pyrrole nitrogens is 1. The van der Waals surface area contributed by atoms with E-state index in [1.807, 2.05) is 24.7 Å². The number of nitrogens with one attached hydrogen (secondary N) is 3. The van der Waals surface area contributed by atoms with Gasteiger partial charge in [-0.05, 0) is 25.8 Å². The Balaban J connectivity index is 0.000000278. The van der Waals surface area contributed by atoms with Gasteiger partial charge in [0, 0.05) is 18.4 Å². The molecule has 0 saturated heterocycles. The van der Waals surface area contributed by atoms with Crippen LogP contribution in [0, 0.1) is 5.92 Å². The first-order valence-electron chi connectivity index (χ1n) is 9.13. The van der Waals surface area contributed by atoms with Crippen LogP contribution in [0.5, 0.6) is 0 Å². The van der Waals surface area contributed by atoms with Gasteiger partial charge in [-0.3, -0.25) is 4.68 Å². The van der Waals surface area contributed by atoms with E-state index in [0.717, 1.165) is 11.6 Å². The molecule has 3 heterocycles. The number of fused-ring (bicyclic) bond motifs is 1. The molecule has 1 aliphatic rings. The SMILES string of the molecule is CC(C)n1cc(Nc2nc(NF)c3cc[nH]c3n2)cn1.CCC1CCC1. The highest BCUT2D eigenvalue weighted by atomic mass is 19.2. The zero-order chi connectivity index (χ0) is 18.5. The summed E-state index contributed by atoms with van der Waals surface area (Å²) in [5, 5.41) is 7.80. The Morgan fingerprint density at radius 1 is 1.35 bits per heavy atom. The van der Waals surface area contributed by atoms with Gasteiger partial charge in [0.05, 0.1) is 17.3 Å². The van der Waals surface area contributed by atoms with E-state index in [1.165, 1.54) is 25.7 Å². The number of hydrogen-bond donors (Lipinski definition) is 3. The van der Waals surface area contributed by atoms with Gasteiger partial charge >= 0.3 is 0 Å².